The van der Waals surface area contributed by atoms with Crippen molar-refractivity contribution in [3.8, 4) is 0 Å². The number of hydrogen-bond donors (Lipinski definition) is 2. The smallest absolute Gasteiger partial charge is 0.243 e. The number of rotatable bonds is 6. The fraction of sp³-hybridized carbons (Fsp3) is 0.500. The van der Waals surface area contributed by atoms with E-state index < -0.39 is 0 Å². The molecule has 0 bridgehead atoms. The van der Waals surface area contributed by atoms with E-state index >= 15 is 0 Å². The van der Waals surface area contributed by atoms with Crippen molar-refractivity contribution in [1.82, 2.24) is 4.57 Å². The third-order valence-electron chi connectivity index (χ3n) is 2.09. The molecule has 6 nitrogen and oxygen atoms in total. The number of nitrogens with two attached hydrogens (primary N) is 2. The molecule has 0 aliphatic rings. The van der Waals surface area contributed by atoms with Gasteiger partial charge in [0.15, 0.2) is 11.7 Å². The molecule has 1 heterocycles. The van der Waals surface area contributed by atoms with Crippen molar-refractivity contribution < 1.29 is 26.3 Å². The molecular weight excluding hydrogens is 286 g/mol. The van der Waals surface area contributed by atoms with Gasteiger partial charge in [0.2, 0.25) is 6.33 Å². The molecule has 96 valence electrons. The van der Waals surface area contributed by atoms with Crippen LogP contribution < -0.4 is 33.0 Å². The average Bonchev–Trinajstić information content (AvgIpc) is 2.58. The predicted octanol–water partition coefficient (Wildman–Crippen LogP) is -4.06. The Morgan fingerprint density at radius 3 is 2.71 bits per heavy atom. The molecule has 0 fully saturated rings. The Kier molecular flexibility index (Phi) is 7.20. The van der Waals surface area contributed by atoms with Gasteiger partial charge in [-0.2, -0.15) is 0 Å². The summed E-state index contributed by atoms with van der Waals surface area (Å²) in [6, 6.07) is 0. The summed E-state index contributed by atoms with van der Waals surface area (Å²) in [5.41, 5.74) is 10.3. The van der Waals surface area contributed by atoms with E-state index in [1.807, 2.05) is 34.9 Å². The third kappa shape index (κ3) is 6.72. The zero-order valence-electron chi connectivity index (χ0n) is 9.84. The molecular formula is C10H18BrN5O. The zero-order valence-corrected chi connectivity index (χ0v) is 11.4. The van der Waals surface area contributed by atoms with E-state index in [0.717, 1.165) is 0 Å². The van der Waals surface area contributed by atoms with Crippen LogP contribution in [0.2, 0.25) is 0 Å². The third-order valence-corrected chi connectivity index (χ3v) is 2.09. The SMILES string of the molecule is C[n+]1ccn(CC(=O)CCCN=C(N)N)c1.[Br-]. The number of aromatic nitrogens is 2. The first-order chi connectivity index (χ1) is 7.58. The molecule has 0 aliphatic carbocycles. The normalized spacial score (nSPS) is 9.47. The zero-order chi connectivity index (χ0) is 12.0. The largest absolute Gasteiger partial charge is 1.00 e. The summed E-state index contributed by atoms with van der Waals surface area (Å²) in [4.78, 5) is 15.3. The van der Waals surface area contributed by atoms with Crippen molar-refractivity contribution in [2.45, 2.75) is 19.4 Å². The van der Waals surface area contributed by atoms with Crippen LogP contribution in [0.15, 0.2) is 23.7 Å². The monoisotopic (exact) mass is 303 g/mol. The van der Waals surface area contributed by atoms with Gasteiger partial charge in [-0.05, 0) is 6.42 Å². The van der Waals surface area contributed by atoms with Crippen molar-refractivity contribution >= 4 is 11.7 Å². The summed E-state index contributed by atoms with van der Waals surface area (Å²) in [5.74, 6) is 0.256. The number of carbonyl (C=O) groups excluding carboxylic acids is 1. The quantitative estimate of drug-likeness (QED) is 0.242. The Morgan fingerprint density at radius 2 is 2.18 bits per heavy atom. The van der Waals surface area contributed by atoms with Crippen LogP contribution >= 0.6 is 0 Å². The predicted molar refractivity (Wildman–Crippen MR) is 60.5 cm³/mol. The number of nitrogens with zero attached hydrogens (tertiary/aromatic N) is 3. The average molecular weight is 304 g/mol. The molecule has 0 radical (unpaired) electrons. The fourth-order valence-electron chi connectivity index (χ4n) is 1.36. The van der Waals surface area contributed by atoms with Crippen molar-refractivity contribution in [3.63, 3.8) is 0 Å². The molecule has 0 saturated carbocycles. The minimum atomic E-state index is 0. The maximum Gasteiger partial charge on any atom is 0.243 e. The second kappa shape index (κ2) is 7.83. The van der Waals surface area contributed by atoms with Gasteiger partial charge in [0.05, 0.1) is 7.05 Å². The van der Waals surface area contributed by atoms with Gasteiger partial charge in [-0.25, -0.2) is 9.13 Å². The van der Waals surface area contributed by atoms with Gasteiger partial charge in [0.25, 0.3) is 0 Å². The Bertz CT molecular complexity index is 384. The minimum Gasteiger partial charge on any atom is -1.00 e. The van der Waals surface area contributed by atoms with Crippen LogP contribution in [0.4, 0.5) is 0 Å². The summed E-state index contributed by atoms with van der Waals surface area (Å²) in [6.07, 6.45) is 6.82. The second-order valence-electron chi connectivity index (χ2n) is 3.70. The van der Waals surface area contributed by atoms with Gasteiger partial charge in [0.1, 0.15) is 18.9 Å². The molecule has 0 aromatic carbocycles. The number of hydrogen-bond acceptors (Lipinski definition) is 2. The highest BCUT2D eigenvalue weighted by Crippen LogP contribution is 1.95. The van der Waals surface area contributed by atoms with Gasteiger partial charge >= 0.3 is 0 Å². The first kappa shape index (κ1) is 15.6. The van der Waals surface area contributed by atoms with Crippen molar-refractivity contribution in [2.24, 2.45) is 23.5 Å². The van der Waals surface area contributed by atoms with Crippen LogP contribution in [0.25, 0.3) is 0 Å². The molecule has 4 N–H and O–H groups in total. The van der Waals surface area contributed by atoms with E-state index in [9.17, 15) is 4.79 Å². The Labute approximate surface area is 111 Å². The van der Waals surface area contributed by atoms with E-state index in [4.69, 9.17) is 11.5 Å². The summed E-state index contributed by atoms with van der Waals surface area (Å²) < 4.78 is 3.75. The van der Waals surface area contributed by atoms with Crippen LogP contribution in [0.1, 0.15) is 12.8 Å². The number of Topliss-reactive ketones (excluding diaryl/α,β-unsaturated/α-hetero) is 1. The van der Waals surface area contributed by atoms with Crippen LogP contribution in [0, 0.1) is 0 Å². The van der Waals surface area contributed by atoms with Crippen molar-refractivity contribution in [2.75, 3.05) is 6.54 Å². The molecule has 0 spiro atoms. The Morgan fingerprint density at radius 1 is 1.47 bits per heavy atom. The lowest BCUT2D eigenvalue weighted by Crippen LogP contribution is -3.00. The maximum absolute atomic E-state index is 11.5. The van der Waals surface area contributed by atoms with Gasteiger partial charge in [-0.1, -0.05) is 0 Å². The minimum absolute atomic E-state index is 0. The molecule has 0 aliphatic heterocycles. The molecule has 1 rings (SSSR count). The lowest BCUT2D eigenvalue weighted by molar-refractivity contribution is -0.671. The molecule has 1 aromatic rings. The molecule has 7 heteroatoms. The Balaban J connectivity index is 0.00000256. The number of aliphatic imine (C=N–C) groups is 1. The number of imidazole rings is 1. The highest BCUT2D eigenvalue weighted by molar-refractivity contribution is 5.78. The lowest BCUT2D eigenvalue weighted by Gasteiger charge is -1.97. The van der Waals surface area contributed by atoms with Gasteiger partial charge < -0.3 is 28.4 Å². The standard InChI is InChI=1S/C10H18N5O.BrH/c1-14-5-6-15(8-14)7-9(16)3-2-4-13-10(11)12;/h5-6,8H,2-4,7H2,1H3,(H4,11,12,13);1H/q+1;/p-1. The number of carbonyl (C=O) groups is 1. The highest BCUT2D eigenvalue weighted by atomic mass is 79.9. The number of aryl methyl sites for hydroxylation is 1. The number of ketones is 1. The topological polar surface area (TPSA) is 90.3 Å². The molecule has 0 amide bonds. The van der Waals surface area contributed by atoms with E-state index in [1.165, 1.54) is 0 Å². The molecule has 1 aromatic heterocycles. The summed E-state index contributed by atoms with van der Waals surface area (Å²) in [5, 5.41) is 0. The fourth-order valence-corrected chi connectivity index (χ4v) is 1.36. The van der Waals surface area contributed by atoms with E-state index in [0.29, 0.717) is 25.9 Å². The highest BCUT2D eigenvalue weighted by Gasteiger charge is 2.07. The van der Waals surface area contributed by atoms with E-state index in [1.54, 1.807) is 0 Å². The first-order valence-corrected chi connectivity index (χ1v) is 5.16. The first-order valence-electron chi connectivity index (χ1n) is 5.16. The van der Waals surface area contributed by atoms with Gasteiger partial charge in [-0.15, -0.1) is 0 Å². The van der Waals surface area contributed by atoms with Crippen molar-refractivity contribution in [3.05, 3.63) is 18.7 Å². The van der Waals surface area contributed by atoms with E-state index in [-0.39, 0.29) is 28.7 Å². The summed E-state index contributed by atoms with van der Waals surface area (Å²) >= 11 is 0. The van der Waals surface area contributed by atoms with Crippen LogP contribution in [0.5, 0.6) is 0 Å². The lowest BCUT2D eigenvalue weighted by atomic mass is 10.2. The van der Waals surface area contributed by atoms with Gasteiger partial charge in [0, 0.05) is 13.0 Å². The second-order valence-corrected chi connectivity index (χ2v) is 3.70. The van der Waals surface area contributed by atoms with Crippen LogP contribution in [-0.2, 0) is 18.4 Å². The summed E-state index contributed by atoms with van der Waals surface area (Å²) in [7, 11) is 1.92. The summed E-state index contributed by atoms with van der Waals surface area (Å²) in [6.45, 7) is 0.913. The van der Waals surface area contributed by atoms with E-state index in [2.05, 4.69) is 4.99 Å². The maximum atomic E-state index is 11.5. The molecule has 0 saturated heterocycles. The molecule has 0 atom stereocenters. The Hall–Kier alpha value is -1.37. The number of halogens is 1. The van der Waals surface area contributed by atoms with Crippen molar-refractivity contribution in [1.29, 1.82) is 0 Å². The van der Waals surface area contributed by atoms with Crippen LogP contribution in [0.3, 0.4) is 0 Å². The van der Waals surface area contributed by atoms with Crippen LogP contribution in [-0.4, -0.2) is 22.9 Å². The molecule has 0 unspecified atom stereocenters. The molecule has 17 heavy (non-hydrogen) atoms. The number of guanidine groups is 1. The van der Waals surface area contributed by atoms with Gasteiger partial charge in [-0.3, -0.25) is 9.79 Å².